The molecule has 1 fully saturated rings. The van der Waals surface area contributed by atoms with Gasteiger partial charge >= 0.3 is 0 Å². The highest BCUT2D eigenvalue weighted by Crippen LogP contribution is 2.38. The van der Waals surface area contributed by atoms with Crippen molar-refractivity contribution in [1.82, 2.24) is 0 Å². The molecular formula is C15H24N2OS. The molecular weight excluding hydrogens is 256 g/mol. The maximum Gasteiger partial charge on any atom is 0.125 e. The average Bonchev–Trinajstić information content (AvgIpc) is 2.36. The Hall–Kier alpha value is -0.870. The third-order valence-electron chi connectivity index (χ3n) is 3.48. The van der Waals surface area contributed by atoms with E-state index in [-0.39, 0.29) is 10.8 Å². The predicted molar refractivity (Wildman–Crippen MR) is 84.3 cm³/mol. The number of nitrogens with two attached hydrogens (primary N) is 1. The topological polar surface area (TPSA) is 38.5 Å². The van der Waals surface area contributed by atoms with Crippen LogP contribution in [0.3, 0.4) is 0 Å². The number of ether oxygens (including phenoxy) is 1. The third kappa shape index (κ3) is 3.18. The number of hydrogen-bond acceptors (Lipinski definition) is 4. The fourth-order valence-electron chi connectivity index (χ4n) is 2.67. The van der Waals surface area contributed by atoms with Gasteiger partial charge in [-0.1, -0.05) is 6.07 Å². The molecule has 1 aliphatic rings. The Labute approximate surface area is 120 Å². The lowest BCUT2D eigenvalue weighted by Crippen LogP contribution is -2.43. The molecule has 1 aliphatic heterocycles. The van der Waals surface area contributed by atoms with Crippen molar-refractivity contribution in [2.24, 2.45) is 5.73 Å². The van der Waals surface area contributed by atoms with E-state index >= 15 is 0 Å². The van der Waals surface area contributed by atoms with Crippen LogP contribution in [-0.2, 0) is 0 Å². The molecule has 0 saturated carbocycles. The van der Waals surface area contributed by atoms with Crippen LogP contribution < -0.4 is 15.4 Å². The zero-order valence-electron chi connectivity index (χ0n) is 12.3. The Morgan fingerprint density at radius 1 is 1.42 bits per heavy atom. The van der Waals surface area contributed by atoms with Gasteiger partial charge in [0.1, 0.15) is 5.75 Å². The van der Waals surface area contributed by atoms with Crippen molar-refractivity contribution in [3.63, 3.8) is 0 Å². The molecule has 19 heavy (non-hydrogen) atoms. The zero-order chi connectivity index (χ0) is 14.0. The van der Waals surface area contributed by atoms with Crippen LogP contribution in [0.25, 0.3) is 0 Å². The lowest BCUT2D eigenvalue weighted by molar-refractivity contribution is 0.406. The number of nitrogens with zero attached hydrogens (tertiary/aromatic N) is 1. The Bertz CT molecular complexity index is 446. The number of thioether (sulfide) groups is 1. The Kier molecular flexibility index (Phi) is 4.31. The van der Waals surface area contributed by atoms with Crippen LogP contribution in [0.2, 0.25) is 0 Å². The largest absolute Gasteiger partial charge is 0.496 e. The minimum atomic E-state index is -0.0242. The van der Waals surface area contributed by atoms with Crippen LogP contribution in [0.15, 0.2) is 18.2 Å². The van der Waals surface area contributed by atoms with Crippen LogP contribution in [-0.4, -0.2) is 30.7 Å². The Morgan fingerprint density at radius 3 is 2.74 bits per heavy atom. The first kappa shape index (κ1) is 14.5. The molecule has 2 N–H and O–H groups in total. The van der Waals surface area contributed by atoms with E-state index in [2.05, 4.69) is 30.9 Å². The summed E-state index contributed by atoms with van der Waals surface area (Å²) in [6, 6.07) is 6.18. The summed E-state index contributed by atoms with van der Waals surface area (Å²) in [4.78, 5) is 2.44. The van der Waals surface area contributed by atoms with E-state index < -0.39 is 0 Å². The van der Waals surface area contributed by atoms with E-state index in [1.54, 1.807) is 7.11 Å². The maximum absolute atomic E-state index is 6.15. The highest BCUT2D eigenvalue weighted by Gasteiger charge is 2.29. The van der Waals surface area contributed by atoms with Gasteiger partial charge in [-0.25, -0.2) is 0 Å². The molecule has 1 aromatic carbocycles. The number of benzene rings is 1. The van der Waals surface area contributed by atoms with Gasteiger partial charge in [-0.3, -0.25) is 0 Å². The monoisotopic (exact) mass is 280 g/mol. The van der Waals surface area contributed by atoms with E-state index in [4.69, 9.17) is 10.5 Å². The second-order valence-electron chi connectivity index (χ2n) is 5.71. The molecule has 0 spiro atoms. The summed E-state index contributed by atoms with van der Waals surface area (Å²) in [5, 5.41) is 0. The lowest BCUT2D eigenvalue weighted by atomic mass is 10.0. The van der Waals surface area contributed by atoms with E-state index in [0.717, 1.165) is 30.2 Å². The number of rotatable bonds is 3. The molecule has 0 amide bonds. The molecule has 1 saturated heterocycles. The van der Waals surface area contributed by atoms with Gasteiger partial charge in [-0.05, 0) is 32.9 Å². The summed E-state index contributed by atoms with van der Waals surface area (Å²) < 4.78 is 5.77. The van der Waals surface area contributed by atoms with Crippen LogP contribution in [0, 0.1) is 0 Å². The van der Waals surface area contributed by atoms with Gasteiger partial charge in [0, 0.05) is 40.9 Å². The fraction of sp³-hybridized carbons (Fsp3) is 0.600. The Morgan fingerprint density at radius 2 is 2.16 bits per heavy atom. The number of methoxy groups -OCH3 is 1. The van der Waals surface area contributed by atoms with Crippen LogP contribution >= 0.6 is 11.8 Å². The summed E-state index contributed by atoms with van der Waals surface area (Å²) in [6.45, 7) is 8.74. The quantitative estimate of drug-likeness (QED) is 0.923. The third-order valence-corrected chi connectivity index (χ3v) is 4.78. The van der Waals surface area contributed by atoms with Gasteiger partial charge in [-0.2, -0.15) is 11.8 Å². The molecule has 0 bridgehead atoms. The van der Waals surface area contributed by atoms with Crippen molar-refractivity contribution < 1.29 is 4.74 Å². The summed E-state index contributed by atoms with van der Waals surface area (Å²) in [7, 11) is 1.71. The van der Waals surface area contributed by atoms with Crippen LogP contribution in [0.5, 0.6) is 5.75 Å². The molecule has 0 aliphatic carbocycles. The minimum absolute atomic E-state index is 0.0242. The first-order valence-electron chi connectivity index (χ1n) is 6.76. The highest BCUT2D eigenvalue weighted by molar-refractivity contribution is 8.00. The number of hydrogen-bond donors (Lipinski definition) is 1. The molecule has 1 aromatic rings. The number of anilines is 1. The van der Waals surface area contributed by atoms with Crippen molar-refractivity contribution in [2.45, 2.75) is 31.6 Å². The minimum Gasteiger partial charge on any atom is -0.496 e. The van der Waals surface area contributed by atoms with Gasteiger partial charge in [0.25, 0.3) is 0 Å². The molecule has 1 atom stereocenters. The fourth-order valence-corrected chi connectivity index (χ4v) is 3.78. The predicted octanol–water partition coefficient (Wildman–Crippen LogP) is 3.05. The zero-order valence-corrected chi connectivity index (χ0v) is 13.1. The van der Waals surface area contributed by atoms with Crippen molar-refractivity contribution in [3.8, 4) is 5.75 Å². The summed E-state index contributed by atoms with van der Waals surface area (Å²) in [5.41, 5.74) is 8.50. The van der Waals surface area contributed by atoms with Gasteiger partial charge in [0.2, 0.25) is 0 Å². The van der Waals surface area contributed by atoms with Crippen molar-refractivity contribution in [3.05, 3.63) is 23.8 Å². The van der Waals surface area contributed by atoms with Crippen LogP contribution in [0.4, 0.5) is 5.69 Å². The first-order valence-corrected chi connectivity index (χ1v) is 7.74. The highest BCUT2D eigenvalue weighted by atomic mass is 32.2. The second kappa shape index (κ2) is 5.63. The average molecular weight is 280 g/mol. The van der Waals surface area contributed by atoms with Gasteiger partial charge < -0.3 is 15.4 Å². The molecule has 1 heterocycles. The lowest BCUT2D eigenvalue weighted by Gasteiger charge is -2.40. The van der Waals surface area contributed by atoms with E-state index in [0.29, 0.717) is 0 Å². The maximum atomic E-state index is 6.15. The molecule has 2 rings (SSSR count). The van der Waals surface area contributed by atoms with Gasteiger partial charge in [0.05, 0.1) is 7.11 Å². The summed E-state index contributed by atoms with van der Waals surface area (Å²) in [6.07, 6.45) is 0. The summed E-state index contributed by atoms with van der Waals surface area (Å²) >= 11 is 2.04. The normalized spacial score (nSPS) is 20.2. The SMILES string of the molecule is COc1cccc(N2CCSC(C)(C)C2)c1C(C)N. The van der Waals surface area contributed by atoms with E-state index in [1.165, 1.54) is 5.69 Å². The smallest absolute Gasteiger partial charge is 0.125 e. The second-order valence-corrected chi connectivity index (χ2v) is 7.51. The first-order chi connectivity index (χ1) is 8.94. The molecule has 4 heteroatoms. The van der Waals surface area contributed by atoms with E-state index in [1.807, 2.05) is 24.8 Å². The summed E-state index contributed by atoms with van der Waals surface area (Å²) in [5.74, 6) is 2.05. The van der Waals surface area contributed by atoms with E-state index in [9.17, 15) is 0 Å². The van der Waals surface area contributed by atoms with Crippen molar-refractivity contribution >= 4 is 17.4 Å². The van der Waals surface area contributed by atoms with Crippen molar-refractivity contribution in [1.29, 1.82) is 0 Å². The standard InChI is InChI=1S/C15H24N2OS/c1-11(16)14-12(6-5-7-13(14)18-4)17-8-9-19-15(2,3)10-17/h5-7,11H,8-10,16H2,1-4H3. The molecule has 1 unspecified atom stereocenters. The molecule has 106 valence electrons. The van der Waals surface area contributed by atoms with Gasteiger partial charge in [0.15, 0.2) is 0 Å². The van der Waals surface area contributed by atoms with Gasteiger partial charge in [-0.15, -0.1) is 0 Å². The Balaban J connectivity index is 2.38. The molecule has 0 radical (unpaired) electrons. The van der Waals surface area contributed by atoms with Crippen LogP contribution in [0.1, 0.15) is 32.4 Å². The van der Waals surface area contributed by atoms with Crippen molar-refractivity contribution in [2.75, 3.05) is 30.9 Å². The molecule has 0 aromatic heterocycles. The molecule has 3 nitrogen and oxygen atoms in total.